The van der Waals surface area contributed by atoms with Crippen LogP contribution in [0.15, 0.2) is 42.7 Å². The maximum atomic E-state index is 11.9. The molecule has 0 unspecified atom stereocenters. The summed E-state index contributed by atoms with van der Waals surface area (Å²) in [4.78, 5) is 11.9. The summed E-state index contributed by atoms with van der Waals surface area (Å²) in [5.74, 6) is -0.0828. The first-order chi connectivity index (χ1) is 10.6. The van der Waals surface area contributed by atoms with Crippen LogP contribution in [0.3, 0.4) is 0 Å². The monoisotopic (exact) mass is 299 g/mol. The molecule has 0 radical (unpaired) electrons. The fourth-order valence-electron chi connectivity index (χ4n) is 2.96. The van der Waals surface area contributed by atoms with Gasteiger partial charge in [0.1, 0.15) is 0 Å². The van der Waals surface area contributed by atoms with Crippen LogP contribution in [0.25, 0.3) is 5.69 Å². The topological polar surface area (TPSA) is 67.2 Å². The van der Waals surface area contributed by atoms with E-state index in [4.69, 9.17) is 0 Å². The molecule has 1 aliphatic rings. The third kappa shape index (κ3) is 3.54. The van der Waals surface area contributed by atoms with Gasteiger partial charge in [0.25, 0.3) is 0 Å². The van der Waals surface area contributed by atoms with E-state index in [1.54, 1.807) is 10.9 Å². The zero-order chi connectivity index (χ0) is 15.4. The summed E-state index contributed by atoms with van der Waals surface area (Å²) in [5, 5.41) is 17.3. The molecule has 0 bridgehead atoms. The van der Waals surface area contributed by atoms with Crippen LogP contribution in [0.4, 0.5) is 0 Å². The van der Waals surface area contributed by atoms with Crippen molar-refractivity contribution in [3.05, 3.63) is 48.3 Å². The van der Waals surface area contributed by atoms with Gasteiger partial charge in [0.2, 0.25) is 5.91 Å². The molecule has 1 saturated carbocycles. The third-order valence-electron chi connectivity index (χ3n) is 4.22. The quantitative estimate of drug-likeness (QED) is 0.889. The molecule has 1 aromatic heterocycles. The first-order valence-corrected chi connectivity index (χ1v) is 7.73. The molecule has 1 aliphatic carbocycles. The second kappa shape index (κ2) is 6.32. The summed E-state index contributed by atoms with van der Waals surface area (Å²) >= 11 is 0. The minimum atomic E-state index is -0.784. The fraction of sp³-hybridized carbons (Fsp3) is 0.412. The Morgan fingerprint density at radius 1 is 1.27 bits per heavy atom. The lowest BCUT2D eigenvalue weighted by Gasteiger charge is -2.21. The highest BCUT2D eigenvalue weighted by molar-refractivity contribution is 5.77. The van der Waals surface area contributed by atoms with Gasteiger partial charge in [-0.15, -0.1) is 0 Å². The average molecular weight is 299 g/mol. The lowest BCUT2D eigenvalue weighted by atomic mass is 9.97. The van der Waals surface area contributed by atoms with Crippen molar-refractivity contribution in [3.8, 4) is 5.69 Å². The van der Waals surface area contributed by atoms with E-state index in [2.05, 4.69) is 10.4 Å². The molecule has 0 atom stereocenters. The van der Waals surface area contributed by atoms with Crippen LogP contribution in [0.2, 0.25) is 0 Å². The summed E-state index contributed by atoms with van der Waals surface area (Å²) in [6.07, 6.45) is 7.33. The van der Waals surface area contributed by atoms with Crippen LogP contribution in [0, 0.1) is 0 Å². The number of carbonyl (C=O) groups excluding carboxylic acids is 1. The fourth-order valence-corrected chi connectivity index (χ4v) is 2.96. The Morgan fingerprint density at radius 2 is 2.00 bits per heavy atom. The molecular formula is C17H21N3O2. The van der Waals surface area contributed by atoms with E-state index in [1.165, 1.54) is 0 Å². The van der Waals surface area contributed by atoms with Crippen molar-refractivity contribution in [3.63, 3.8) is 0 Å². The zero-order valence-electron chi connectivity index (χ0n) is 12.5. The van der Waals surface area contributed by atoms with Crippen LogP contribution >= 0.6 is 0 Å². The Kier molecular flexibility index (Phi) is 4.24. The van der Waals surface area contributed by atoms with Gasteiger partial charge >= 0.3 is 0 Å². The molecule has 0 aliphatic heterocycles. The summed E-state index contributed by atoms with van der Waals surface area (Å²) < 4.78 is 1.79. The number of hydrogen-bond acceptors (Lipinski definition) is 3. The average Bonchev–Trinajstić information content (AvgIpc) is 3.17. The maximum Gasteiger partial charge on any atom is 0.223 e. The Labute approximate surface area is 130 Å². The van der Waals surface area contributed by atoms with Crippen molar-refractivity contribution in [2.75, 3.05) is 0 Å². The van der Waals surface area contributed by atoms with Gasteiger partial charge in [-0.3, -0.25) is 4.79 Å². The van der Waals surface area contributed by atoms with Crippen molar-refractivity contribution in [2.45, 2.75) is 44.2 Å². The van der Waals surface area contributed by atoms with Gasteiger partial charge in [0.05, 0.1) is 17.7 Å². The number of aromatic nitrogens is 2. The normalized spacial score (nSPS) is 16.6. The zero-order valence-corrected chi connectivity index (χ0v) is 12.5. The third-order valence-corrected chi connectivity index (χ3v) is 4.22. The Balaban J connectivity index is 1.52. The summed E-state index contributed by atoms with van der Waals surface area (Å²) in [7, 11) is 0. The lowest BCUT2D eigenvalue weighted by molar-refractivity contribution is -0.126. The van der Waals surface area contributed by atoms with Gasteiger partial charge in [-0.1, -0.05) is 25.0 Å². The standard InChI is InChI=1S/C17H21N3O2/c21-16(12-17(22)8-1-2-9-17)18-13-14-4-6-15(7-5-14)20-11-3-10-19-20/h3-7,10-11,22H,1-2,8-9,12-13H2,(H,18,21). The molecule has 0 spiro atoms. The molecule has 2 N–H and O–H groups in total. The summed E-state index contributed by atoms with van der Waals surface area (Å²) in [5.41, 5.74) is 1.23. The van der Waals surface area contributed by atoms with Crippen molar-refractivity contribution < 1.29 is 9.90 Å². The SMILES string of the molecule is O=C(CC1(O)CCCC1)NCc1ccc(-n2cccn2)cc1. The first kappa shape index (κ1) is 14.8. The molecule has 1 heterocycles. The van der Waals surface area contributed by atoms with E-state index >= 15 is 0 Å². The number of hydrogen-bond donors (Lipinski definition) is 2. The Morgan fingerprint density at radius 3 is 2.64 bits per heavy atom. The molecule has 1 fully saturated rings. The Hall–Kier alpha value is -2.14. The van der Waals surface area contributed by atoms with Gasteiger partial charge in [-0.2, -0.15) is 5.10 Å². The lowest BCUT2D eigenvalue weighted by Crippen LogP contribution is -2.34. The van der Waals surface area contributed by atoms with Crippen LogP contribution in [-0.2, 0) is 11.3 Å². The van der Waals surface area contributed by atoms with E-state index in [0.29, 0.717) is 6.54 Å². The number of rotatable bonds is 5. The highest BCUT2D eigenvalue weighted by Crippen LogP contribution is 2.32. The predicted molar refractivity (Wildman–Crippen MR) is 83.4 cm³/mol. The maximum absolute atomic E-state index is 11.9. The molecule has 5 heteroatoms. The van der Waals surface area contributed by atoms with Gasteiger partial charge in [-0.25, -0.2) is 4.68 Å². The second-order valence-corrected chi connectivity index (χ2v) is 6.00. The first-order valence-electron chi connectivity index (χ1n) is 7.73. The molecular weight excluding hydrogens is 278 g/mol. The van der Waals surface area contributed by atoms with E-state index < -0.39 is 5.60 Å². The molecule has 1 amide bonds. The van der Waals surface area contributed by atoms with E-state index in [-0.39, 0.29) is 12.3 Å². The number of aliphatic hydroxyl groups is 1. The van der Waals surface area contributed by atoms with E-state index in [1.807, 2.05) is 36.5 Å². The summed E-state index contributed by atoms with van der Waals surface area (Å²) in [6.45, 7) is 0.480. The number of amides is 1. The number of nitrogens with zero attached hydrogens (tertiary/aromatic N) is 2. The van der Waals surface area contributed by atoms with Crippen molar-refractivity contribution in [1.82, 2.24) is 15.1 Å². The number of nitrogens with one attached hydrogen (secondary N) is 1. The van der Waals surface area contributed by atoms with Gasteiger partial charge < -0.3 is 10.4 Å². The van der Waals surface area contributed by atoms with Gasteiger partial charge in [0, 0.05) is 18.9 Å². The van der Waals surface area contributed by atoms with E-state index in [0.717, 1.165) is 36.9 Å². The van der Waals surface area contributed by atoms with Crippen LogP contribution < -0.4 is 5.32 Å². The predicted octanol–water partition coefficient (Wildman–Crippen LogP) is 2.18. The highest BCUT2D eigenvalue weighted by Gasteiger charge is 2.33. The molecule has 1 aromatic carbocycles. The van der Waals surface area contributed by atoms with Gasteiger partial charge in [0.15, 0.2) is 0 Å². The Bertz CT molecular complexity index is 614. The molecule has 5 nitrogen and oxygen atoms in total. The smallest absolute Gasteiger partial charge is 0.223 e. The van der Waals surface area contributed by atoms with Crippen molar-refractivity contribution in [1.29, 1.82) is 0 Å². The molecule has 3 rings (SSSR count). The van der Waals surface area contributed by atoms with Crippen molar-refractivity contribution >= 4 is 5.91 Å². The largest absolute Gasteiger partial charge is 0.389 e. The molecule has 22 heavy (non-hydrogen) atoms. The van der Waals surface area contributed by atoms with Gasteiger partial charge in [-0.05, 0) is 36.6 Å². The minimum Gasteiger partial charge on any atom is -0.389 e. The van der Waals surface area contributed by atoms with Crippen LogP contribution in [-0.4, -0.2) is 26.4 Å². The van der Waals surface area contributed by atoms with E-state index in [9.17, 15) is 9.90 Å². The molecule has 0 saturated heterocycles. The molecule has 2 aromatic rings. The summed E-state index contributed by atoms with van der Waals surface area (Å²) in [6, 6.07) is 9.77. The second-order valence-electron chi connectivity index (χ2n) is 6.00. The van der Waals surface area contributed by atoms with Crippen molar-refractivity contribution in [2.24, 2.45) is 0 Å². The number of benzene rings is 1. The minimum absolute atomic E-state index is 0.0828. The highest BCUT2D eigenvalue weighted by atomic mass is 16.3. The van der Waals surface area contributed by atoms with Crippen LogP contribution in [0.1, 0.15) is 37.7 Å². The molecule has 116 valence electrons. The number of carbonyl (C=O) groups is 1. The van der Waals surface area contributed by atoms with Crippen LogP contribution in [0.5, 0.6) is 0 Å².